The summed E-state index contributed by atoms with van der Waals surface area (Å²) in [6.45, 7) is 5.89. The molecule has 1 aromatic heterocycles. The number of rotatable bonds is 18. The van der Waals surface area contributed by atoms with Gasteiger partial charge in [0.1, 0.15) is 23.3 Å². The monoisotopic (exact) mass is 492 g/mol. The van der Waals surface area contributed by atoms with Crippen LogP contribution in [-0.2, 0) is 0 Å². The minimum Gasteiger partial charge on any atom is -0.494 e. The van der Waals surface area contributed by atoms with Crippen LogP contribution in [-0.4, -0.2) is 13.2 Å². The fourth-order valence-corrected chi connectivity index (χ4v) is 4.45. The summed E-state index contributed by atoms with van der Waals surface area (Å²) >= 11 is 0. The van der Waals surface area contributed by atoms with Gasteiger partial charge in [-0.15, -0.1) is 0 Å². The van der Waals surface area contributed by atoms with Gasteiger partial charge in [-0.1, -0.05) is 96.6 Å². The quantitative estimate of drug-likeness (QED) is 0.166. The van der Waals surface area contributed by atoms with Gasteiger partial charge in [0.2, 0.25) is 0 Å². The van der Waals surface area contributed by atoms with Crippen LogP contribution in [0.15, 0.2) is 57.9 Å². The highest BCUT2D eigenvalue weighted by Gasteiger charge is 2.10. The third-order valence-corrected chi connectivity index (χ3v) is 6.69. The Kier molecular flexibility index (Phi) is 12.4. The standard InChI is InChI=1S/C32H44O4/c1-3-5-7-9-10-11-13-15-22-34-27-18-16-26(17-19-27)30-25-36-31-24-28(20-21-29(31)32(30)33)35-23-14-12-8-6-4-2/h16-21,24-25H,3-15,22-23H2,1-2H3. The molecule has 0 amide bonds. The predicted octanol–water partition coefficient (Wildman–Crippen LogP) is 9.33. The lowest BCUT2D eigenvalue weighted by molar-refractivity contribution is 0.304. The molecule has 0 aliphatic heterocycles. The lowest BCUT2D eigenvalue weighted by Gasteiger charge is -2.09. The third kappa shape index (κ3) is 9.04. The first kappa shape index (κ1) is 27.8. The third-order valence-electron chi connectivity index (χ3n) is 6.69. The smallest absolute Gasteiger partial charge is 0.200 e. The van der Waals surface area contributed by atoms with Gasteiger partial charge in [-0.25, -0.2) is 0 Å². The molecule has 2 aromatic carbocycles. The van der Waals surface area contributed by atoms with Crippen LogP contribution >= 0.6 is 0 Å². The summed E-state index contributed by atoms with van der Waals surface area (Å²) in [6, 6.07) is 13.2. The molecule has 0 unspecified atom stereocenters. The number of fused-ring (bicyclic) bond motifs is 1. The molecule has 0 aliphatic carbocycles. The highest BCUT2D eigenvalue weighted by atomic mass is 16.5. The van der Waals surface area contributed by atoms with Crippen LogP contribution in [0.1, 0.15) is 97.3 Å². The van der Waals surface area contributed by atoms with Crippen molar-refractivity contribution >= 4 is 11.0 Å². The second kappa shape index (κ2) is 16.1. The van der Waals surface area contributed by atoms with Crippen molar-refractivity contribution < 1.29 is 13.9 Å². The van der Waals surface area contributed by atoms with Crippen LogP contribution in [0.5, 0.6) is 11.5 Å². The Morgan fingerprint density at radius 2 is 1.17 bits per heavy atom. The van der Waals surface area contributed by atoms with Crippen molar-refractivity contribution in [2.24, 2.45) is 0 Å². The first-order chi connectivity index (χ1) is 17.7. The molecule has 4 nitrogen and oxygen atoms in total. The Morgan fingerprint density at radius 1 is 0.639 bits per heavy atom. The highest BCUT2D eigenvalue weighted by molar-refractivity contribution is 5.82. The molecule has 0 fully saturated rings. The Balaban J connectivity index is 1.48. The summed E-state index contributed by atoms with van der Waals surface area (Å²) in [4.78, 5) is 13.1. The molecular weight excluding hydrogens is 448 g/mol. The Morgan fingerprint density at radius 3 is 1.78 bits per heavy atom. The van der Waals surface area contributed by atoms with E-state index in [0.29, 0.717) is 23.1 Å². The number of ether oxygens (including phenoxy) is 2. The molecule has 0 atom stereocenters. The molecule has 36 heavy (non-hydrogen) atoms. The van der Waals surface area contributed by atoms with Crippen LogP contribution in [0.2, 0.25) is 0 Å². The number of unbranched alkanes of at least 4 members (excludes halogenated alkanes) is 11. The average molecular weight is 493 g/mol. The molecular formula is C32H44O4. The fraction of sp³-hybridized carbons (Fsp3) is 0.531. The van der Waals surface area contributed by atoms with Crippen LogP contribution in [0, 0.1) is 0 Å². The van der Waals surface area contributed by atoms with Gasteiger partial charge in [0.05, 0.1) is 24.2 Å². The summed E-state index contributed by atoms with van der Waals surface area (Å²) in [5, 5.41) is 0.567. The first-order valence-corrected chi connectivity index (χ1v) is 14.1. The topological polar surface area (TPSA) is 48.7 Å². The zero-order valence-electron chi connectivity index (χ0n) is 22.4. The van der Waals surface area contributed by atoms with E-state index in [1.807, 2.05) is 36.4 Å². The van der Waals surface area contributed by atoms with E-state index >= 15 is 0 Å². The van der Waals surface area contributed by atoms with E-state index in [2.05, 4.69) is 13.8 Å². The van der Waals surface area contributed by atoms with E-state index in [-0.39, 0.29) is 5.43 Å². The molecule has 0 aliphatic rings. The zero-order valence-corrected chi connectivity index (χ0v) is 22.4. The second-order valence-corrected chi connectivity index (χ2v) is 9.75. The van der Waals surface area contributed by atoms with Crippen molar-refractivity contribution in [3.8, 4) is 22.6 Å². The molecule has 0 saturated heterocycles. The van der Waals surface area contributed by atoms with Gasteiger partial charge in [-0.05, 0) is 42.7 Å². The molecule has 0 bridgehead atoms. The van der Waals surface area contributed by atoms with Gasteiger partial charge in [0, 0.05) is 6.07 Å². The lowest BCUT2D eigenvalue weighted by Crippen LogP contribution is -2.05. The van der Waals surface area contributed by atoms with E-state index in [4.69, 9.17) is 13.9 Å². The number of hydrogen-bond donors (Lipinski definition) is 0. The van der Waals surface area contributed by atoms with E-state index in [0.717, 1.165) is 36.5 Å². The van der Waals surface area contributed by atoms with E-state index < -0.39 is 0 Å². The second-order valence-electron chi connectivity index (χ2n) is 9.75. The van der Waals surface area contributed by atoms with Crippen molar-refractivity contribution in [1.29, 1.82) is 0 Å². The average Bonchev–Trinajstić information content (AvgIpc) is 2.90. The molecule has 1 heterocycles. The molecule has 0 radical (unpaired) electrons. The largest absolute Gasteiger partial charge is 0.494 e. The summed E-state index contributed by atoms with van der Waals surface area (Å²) < 4.78 is 17.6. The van der Waals surface area contributed by atoms with Gasteiger partial charge in [0.15, 0.2) is 5.43 Å². The van der Waals surface area contributed by atoms with Gasteiger partial charge >= 0.3 is 0 Å². The highest BCUT2D eigenvalue weighted by Crippen LogP contribution is 2.25. The maximum absolute atomic E-state index is 13.1. The van der Waals surface area contributed by atoms with Gasteiger partial charge < -0.3 is 13.9 Å². The van der Waals surface area contributed by atoms with Crippen LogP contribution in [0.25, 0.3) is 22.1 Å². The molecule has 3 rings (SSSR count). The van der Waals surface area contributed by atoms with Crippen molar-refractivity contribution in [3.63, 3.8) is 0 Å². The van der Waals surface area contributed by atoms with Crippen LogP contribution in [0.3, 0.4) is 0 Å². The molecule has 3 aromatic rings. The summed E-state index contributed by atoms with van der Waals surface area (Å²) in [6.07, 6.45) is 17.8. The lowest BCUT2D eigenvalue weighted by atomic mass is 10.1. The van der Waals surface area contributed by atoms with Crippen molar-refractivity contribution in [2.45, 2.75) is 97.3 Å². The summed E-state index contributed by atoms with van der Waals surface area (Å²) in [5.74, 6) is 1.58. The minimum atomic E-state index is -0.0324. The number of hydrogen-bond acceptors (Lipinski definition) is 4. The van der Waals surface area contributed by atoms with E-state index in [1.165, 1.54) is 70.6 Å². The van der Waals surface area contributed by atoms with Gasteiger partial charge in [-0.3, -0.25) is 4.79 Å². The van der Waals surface area contributed by atoms with Crippen molar-refractivity contribution in [2.75, 3.05) is 13.2 Å². The zero-order chi connectivity index (χ0) is 25.4. The Labute approximate surface area is 217 Å². The van der Waals surface area contributed by atoms with E-state index in [9.17, 15) is 4.79 Å². The molecule has 196 valence electrons. The Hall–Kier alpha value is -2.75. The normalized spacial score (nSPS) is 11.2. The maximum Gasteiger partial charge on any atom is 0.200 e. The summed E-state index contributed by atoms with van der Waals surface area (Å²) in [7, 11) is 0. The number of benzene rings is 2. The van der Waals surface area contributed by atoms with Crippen molar-refractivity contribution in [1.82, 2.24) is 0 Å². The van der Waals surface area contributed by atoms with Crippen LogP contribution < -0.4 is 14.9 Å². The molecule has 4 heteroatoms. The maximum atomic E-state index is 13.1. The molecule has 0 N–H and O–H groups in total. The minimum absolute atomic E-state index is 0.0324. The van der Waals surface area contributed by atoms with Gasteiger partial charge in [-0.2, -0.15) is 0 Å². The SMILES string of the molecule is CCCCCCCCCCOc1ccc(-c2coc3cc(OCCCCCCC)ccc3c2=O)cc1. The Bertz CT molecular complexity index is 1070. The summed E-state index contributed by atoms with van der Waals surface area (Å²) in [5.41, 5.74) is 1.91. The molecule has 0 spiro atoms. The van der Waals surface area contributed by atoms with Crippen LogP contribution in [0.4, 0.5) is 0 Å². The fourth-order valence-electron chi connectivity index (χ4n) is 4.45. The first-order valence-electron chi connectivity index (χ1n) is 14.1. The molecule has 0 saturated carbocycles. The van der Waals surface area contributed by atoms with Crippen molar-refractivity contribution in [3.05, 3.63) is 59.0 Å². The van der Waals surface area contributed by atoms with Gasteiger partial charge in [0.25, 0.3) is 0 Å². The predicted molar refractivity (Wildman–Crippen MR) is 150 cm³/mol. The van der Waals surface area contributed by atoms with E-state index in [1.54, 1.807) is 12.3 Å².